The highest BCUT2D eigenvalue weighted by molar-refractivity contribution is 7.89. The molecule has 2 aromatic rings. The number of aromatic nitrogens is 1. The number of sulfonamides is 1. The number of ether oxygens (including phenoxy) is 1. The Labute approximate surface area is 124 Å². The molecule has 0 atom stereocenters. The molecule has 2 N–H and O–H groups in total. The first-order chi connectivity index (χ1) is 10.1. The summed E-state index contributed by atoms with van der Waals surface area (Å²) in [7, 11) is -0.379. The Hall–Kier alpha value is -2.12. The van der Waals surface area contributed by atoms with Crippen molar-refractivity contribution < 1.29 is 13.2 Å². The van der Waals surface area contributed by atoms with Crippen molar-refractivity contribution in [2.24, 2.45) is 0 Å². The Morgan fingerprint density at radius 1 is 1.19 bits per heavy atom. The molecule has 0 bridgehead atoms. The lowest BCUT2D eigenvalue weighted by molar-refractivity contribution is 0.397. The maximum Gasteiger partial charge on any atom is 0.242 e. The minimum atomic E-state index is -3.59. The van der Waals surface area contributed by atoms with E-state index in [1.807, 2.05) is 0 Å². The molecule has 7 heteroatoms. The van der Waals surface area contributed by atoms with E-state index in [9.17, 15) is 8.42 Å². The van der Waals surface area contributed by atoms with Gasteiger partial charge in [-0.2, -0.15) is 0 Å². The van der Waals surface area contributed by atoms with Crippen LogP contribution in [0.15, 0.2) is 47.5 Å². The van der Waals surface area contributed by atoms with Gasteiger partial charge in [0.1, 0.15) is 4.90 Å². The lowest BCUT2D eigenvalue weighted by atomic mass is 10.3. The van der Waals surface area contributed by atoms with E-state index < -0.39 is 10.0 Å². The molecule has 0 unspecified atom stereocenters. The molecule has 0 spiro atoms. The summed E-state index contributed by atoms with van der Waals surface area (Å²) < 4.78 is 32.1. The highest BCUT2D eigenvalue weighted by Crippen LogP contribution is 2.20. The highest BCUT2D eigenvalue weighted by atomic mass is 32.2. The minimum absolute atomic E-state index is 0.164. The number of anilines is 1. The third-order valence-electron chi connectivity index (χ3n) is 2.92. The molecule has 0 aliphatic rings. The van der Waals surface area contributed by atoms with Crippen LogP contribution in [0.1, 0.15) is 5.56 Å². The summed E-state index contributed by atoms with van der Waals surface area (Å²) in [4.78, 5) is 4.25. The number of methoxy groups -OCH3 is 1. The van der Waals surface area contributed by atoms with Crippen LogP contribution in [0.5, 0.6) is 5.88 Å². The van der Waals surface area contributed by atoms with Gasteiger partial charge in [0, 0.05) is 25.9 Å². The Bertz CT molecular complexity index is 700. The zero-order valence-electron chi connectivity index (χ0n) is 11.8. The van der Waals surface area contributed by atoms with E-state index in [2.05, 4.69) is 15.0 Å². The average molecular weight is 307 g/mol. The van der Waals surface area contributed by atoms with Gasteiger partial charge in [0.2, 0.25) is 15.9 Å². The number of benzene rings is 1. The predicted molar refractivity (Wildman–Crippen MR) is 80.8 cm³/mol. The molecule has 6 nitrogen and oxygen atoms in total. The summed E-state index contributed by atoms with van der Waals surface area (Å²) in [5.41, 5.74) is 1.30. The third-order valence-corrected chi connectivity index (χ3v) is 4.38. The first kappa shape index (κ1) is 15.3. The zero-order chi connectivity index (χ0) is 15.3. The van der Waals surface area contributed by atoms with Crippen molar-refractivity contribution >= 4 is 15.7 Å². The van der Waals surface area contributed by atoms with Crippen LogP contribution in [-0.4, -0.2) is 27.6 Å². The van der Waals surface area contributed by atoms with E-state index in [-0.39, 0.29) is 11.4 Å². The first-order valence-corrected chi connectivity index (χ1v) is 7.80. The van der Waals surface area contributed by atoms with Gasteiger partial charge < -0.3 is 10.1 Å². The molecule has 0 fully saturated rings. The molecule has 0 aliphatic carbocycles. The standard InChI is InChI=1S/C14H17N3O3S/c1-15-12-5-3-4-6-13(12)21(18,19)17-10-11-7-8-14(20-2)16-9-11/h3-9,15,17H,10H2,1-2H3. The van der Waals surface area contributed by atoms with Gasteiger partial charge in [0.15, 0.2) is 0 Å². The van der Waals surface area contributed by atoms with E-state index in [0.717, 1.165) is 5.56 Å². The molecule has 0 radical (unpaired) electrons. The fourth-order valence-corrected chi connectivity index (χ4v) is 3.03. The van der Waals surface area contributed by atoms with Crippen LogP contribution in [0.3, 0.4) is 0 Å². The molecule has 21 heavy (non-hydrogen) atoms. The molecule has 1 aromatic carbocycles. The second-order valence-corrected chi connectivity index (χ2v) is 6.01. The van der Waals surface area contributed by atoms with Crippen molar-refractivity contribution in [2.75, 3.05) is 19.5 Å². The van der Waals surface area contributed by atoms with Crippen molar-refractivity contribution in [2.45, 2.75) is 11.4 Å². The van der Waals surface area contributed by atoms with E-state index in [1.165, 1.54) is 7.11 Å². The van der Waals surface area contributed by atoms with Crippen LogP contribution in [0.2, 0.25) is 0 Å². The molecule has 1 aromatic heterocycles. The summed E-state index contributed by atoms with van der Waals surface area (Å²) in [5.74, 6) is 0.488. The number of hydrogen-bond donors (Lipinski definition) is 2. The van der Waals surface area contributed by atoms with E-state index in [0.29, 0.717) is 11.6 Å². The molecule has 2 rings (SSSR count). The van der Waals surface area contributed by atoms with Crippen molar-refractivity contribution in [1.82, 2.24) is 9.71 Å². The SMILES string of the molecule is CNc1ccccc1S(=O)(=O)NCc1ccc(OC)nc1. The molecule has 0 amide bonds. The second-order valence-electron chi connectivity index (χ2n) is 4.28. The number of nitrogens with zero attached hydrogens (tertiary/aromatic N) is 1. The fourth-order valence-electron chi connectivity index (χ4n) is 1.80. The molecular weight excluding hydrogens is 290 g/mol. The van der Waals surface area contributed by atoms with Crippen molar-refractivity contribution in [1.29, 1.82) is 0 Å². The van der Waals surface area contributed by atoms with Crippen LogP contribution in [0.4, 0.5) is 5.69 Å². The third kappa shape index (κ3) is 3.71. The topological polar surface area (TPSA) is 80.3 Å². The summed E-state index contributed by atoms with van der Waals surface area (Å²) in [5, 5.41) is 2.87. The van der Waals surface area contributed by atoms with Crippen molar-refractivity contribution in [3.05, 3.63) is 48.2 Å². The summed E-state index contributed by atoms with van der Waals surface area (Å²) in [6, 6.07) is 10.2. The van der Waals surface area contributed by atoms with E-state index in [4.69, 9.17) is 4.74 Å². The number of nitrogens with one attached hydrogen (secondary N) is 2. The normalized spacial score (nSPS) is 11.1. The van der Waals surface area contributed by atoms with Gasteiger partial charge >= 0.3 is 0 Å². The summed E-state index contributed by atoms with van der Waals surface area (Å²) >= 11 is 0. The van der Waals surface area contributed by atoms with Gasteiger partial charge in [-0.05, 0) is 17.7 Å². The predicted octanol–water partition coefficient (Wildman–Crippen LogP) is 1.61. The number of pyridine rings is 1. The molecule has 0 saturated carbocycles. The van der Waals surface area contributed by atoms with Crippen LogP contribution in [-0.2, 0) is 16.6 Å². The lowest BCUT2D eigenvalue weighted by Gasteiger charge is -2.11. The van der Waals surface area contributed by atoms with Gasteiger partial charge in [0.25, 0.3) is 0 Å². The van der Waals surface area contributed by atoms with Crippen LogP contribution in [0.25, 0.3) is 0 Å². The average Bonchev–Trinajstić information content (AvgIpc) is 2.53. The largest absolute Gasteiger partial charge is 0.481 e. The van der Waals surface area contributed by atoms with Gasteiger partial charge in [-0.15, -0.1) is 0 Å². The smallest absolute Gasteiger partial charge is 0.242 e. The molecule has 1 heterocycles. The monoisotopic (exact) mass is 307 g/mol. The first-order valence-electron chi connectivity index (χ1n) is 6.32. The van der Waals surface area contributed by atoms with Gasteiger partial charge in [0.05, 0.1) is 12.8 Å². The Kier molecular flexibility index (Phi) is 4.77. The zero-order valence-corrected chi connectivity index (χ0v) is 12.6. The quantitative estimate of drug-likeness (QED) is 0.847. The number of para-hydroxylation sites is 1. The molecule has 112 valence electrons. The molecule has 0 saturated heterocycles. The maximum absolute atomic E-state index is 12.3. The van der Waals surface area contributed by atoms with E-state index >= 15 is 0 Å². The van der Waals surface area contributed by atoms with Gasteiger partial charge in [-0.3, -0.25) is 0 Å². The van der Waals surface area contributed by atoms with Crippen LogP contribution >= 0.6 is 0 Å². The lowest BCUT2D eigenvalue weighted by Crippen LogP contribution is -2.24. The van der Waals surface area contributed by atoms with Gasteiger partial charge in [-0.1, -0.05) is 18.2 Å². The van der Waals surface area contributed by atoms with Gasteiger partial charge in [-0.25, -0.2) is 18.1 Å². The summed E-state index contributed by atoms with van der Waals surface area (Å²) in [6.45, 7) is 0.164. The molecule has 0 aliphatic heterocycles. The number of hydrogen-bond acceptors (Lipinski definition) is 5. The Balaban J connectivity index is 2.13. The number of rotatable bonds is 6. The fraction of sp³-hybridized carbons (Fsp3) is 0.214. The summed E-state index contributed by atoms with van der Waals surface area (Å²) in [6.07, 6.45) is 1.57. The van der Waals surface area contributed by atoms with E-state index in [1.54, 1.807) is 49.6 Å². The van der Waals surface area contributed by atoms with Crippen molar-refractivity contribution in [3.63, 3.8) is 0 Å². The highest BCUT2D eigenvalue weighted by Gasteiger charge is 2.17. The Morgan fingerprint density at radius 3 is 2.57 bits per heavy atom. The second kappa shape index (κ2) is 6.55. The Morgan fingerprint density at radius 2 is 1.95 bits per heavy atom. The van der Waals surface area contributed by atoms with Crippen molar-refractivity contribution in [3.8, 4) is 5.88 Å². The maximum atomic E-state index is 12.3. The minimum Gasteiger partial charge on any atom is -0.481 e. The van der Waals surface area contributed by atoms with Crippen LogP contribution < -0.4 is 14.8 Å². The molecular formula is C14H17N3O3S. The van der Waals surface area contributed by atoms with Crippen LogP contribution in [0, 0.1) is 0 Å².